The number of hydrogen-bond acceptors (Lipinski definition) is 2. The second-order valence-corrected chi connectivity index (χ2v) is 4.47. The summed E-state index contributed by atoms with van der Waals surface area (Å²) < 4.78 is 1.73. The number of rotatable bonds is 3. The summed E-state index contributed by atoms with van der Waals surface area (Å²) in [5, 5.41) is 0. The van der Waals surface area contributed by atoms with Gasteiger partial charge in [-0.25, -0.2) is 0 Å². The fraction of sp³-hybridized carbons (Fsp3) is 0. The topological polar surface area (TPSA) is 64.6 Å². The SMILES string of the molecule is NC(=O)c1c(C(=O)c2ccccc2)cn2ccccc12. The van der Waals surface area contributed by atoms with Gasteiger partial charge in [0.25, 0.3) is 5.91 Å². The lowest BCUT2D eigenvalue weighted by Gasteiger charge is -2.00. The number of hydrogen-bond donors (Lipinski definition) is 1. The third kappa shape index (κ3) is 1.87. The highest BCUT2D eigenvalue weighted by Gasteiger charge is 2.21. The smallest absolute Gasteiger partial charge is 0.251 e. The Bertz CT molecular complexity index is 804. The van der Waals surface area contributed by atoms with Crippen LogP contribution in [0.1, 0.15) is 26.3 Å². The molecular formula is C16H12N2O2. The van der Waals surface area contributed by atoms with E-state index in [1.54, 1.807) is 53.2 Å². The van der Waals surface area contributed by atoms with Crippen LogP contribution in [0.15, 0.2) is 60.9 Å². The number of primary amides is 1. The van der Waals surface area contributed by atoms with Crippen molar-refractivity contribution in [1.82, 2.24) is 4.40 Å². The van der Waals surface area contributed by atoms with Gasteiger partial charge in [-0.15, -0.1) is 0 Å². The molecule has 1 aromatic carbocycles. The maximum Gasteiger partial charge on any atom is 0.251 e. The minimum atomic E-state index is -0.599. The Hall–Kier alpha value is -2.88. The Morgan fingerprint density at radius 2 is 1.65 bits per heavy atom. The Labute approximate surface area is 115 Å². The molecule has 0 saturated heterocycles. The van der Waals surface area contributed by atoms with Gasteiger partial charge in [0, 0.05) is 18.0 Å². The molecule has 4 heteroatoms. The van der Waals surface area contributed by atoms with E-state index in [1.165, 1.54) is 0 Å². The maximum atomic E-state index is 12.5. The van der Waals surface area contributed by atoms with Crippen LogP contribution >= 0.6 is 0 Å². The number of carbonyl (C=O) groups excluding carboxylic acids is 2. The number of carbonyl (C=O) groups is 2. The summed E-state index contributed by atoms with van der Waals surface area (Å²) in [6.45, 7) is 0. The Morgan fingerprint density at radius 1 is 0.950 bits per heavy atom. The monoisotopic (exact) mass is 264 g/mol. The summed E-state index contributed by atoms with van der Waals surface area (Å²) >= 11 is 0. The van der Waals surface area contributed by atoms with E-state index in [2.05, 4.69) is 0 Å². The normalized spacial score (nSPS) is 10.6. The molecule has 20 heavy (non-hydrogen) atoms. The molecule has 0 radical (unpaired) electrons. The van der Waals surface area contributed by atoms with Gasteiger partial charge in [0.15, 0.2) is 5.78 Å². The molecule has 0 aliphatic heterocycles. The van der Waals surface area contributed by atoms with E-state index in [0.29, 0.717) is 16.6 Å². The number of amides is 1. The first-order valence-electron chi connectivity index (χ1n) is 6.17. The molecule has 0 aliphatic carbocycles. The van der Waals surface area contributed by atoms with Crippen molar-refractivity contribution < 1.29 is 9.59 Å². The standard InChI is InChI=1S/C16H12N2O2/c17-16(20)14-12(10-18-9-5-4-8-13(14)18)15(19)11-6-2-1-3-7-11/h1-10H,(H2,17,20). The zero-order chi connectivity index (χ0) is 14.1. The molecule has 2 N–H and O–H groups in total. The van der Waals surface area contributed by atoms with Crippen LogP contribution < -0.4 is 5.73 Å². The van der Waals surface area contributed by atoms with Crippen molar-refractivity contribution in [2.75, 3.05) is 0 Å². The summed E-state index contributed by atoms with van der Waals surface area (Å²) in [5.41, 5.74) is 7.20. The van der Waals surface area contributed by atoms with Gasteiger partial charge in [-0.1, -0.05) is 36.4 Å². The Kier molecular flexibility index (Phi) is 2.84. The fourth-order valence-electron chi connectivity index (χ4n) is 2.30. The van der Waals surface area contributed by atoms with Crippen molar-refractivity contribution in [3.63, 3.8) is 0 Å². The van der Waals surface area contributed by atoms with Crippen molar-refractivity contribution in [2.24, 2.45) is 5.73 Å². The quantitative estimate of drug-likeness (QED) is 0.737. The first kappa shape index (κ1) is 12.2. The molecule has 4 nitrogen and oxygen atoms in total. The molecule has 3 rings (SSSR count). The number of fused-ring (bicyclic) bond motifs is 1. The number of aromatic nitrogens is 1. The van der Waals surface area contributed by atoms with Crippen molar-refractivity contribution in [3.05, 3.63) is 77.6 Å². The lowest BCUT2D eigenvalue weighted by atomic mass is 10.0. The van der Waals surface area contributed by atoms with Gasteiger partial charge in [0.05, 0.1) is 16.6 Å². The summed E-state index contributed by atoms with van der Waals surface area (Å²) in [6, 6.07) is 14.2. The second-order valence-electron chi connectivity index (χ2n) is 4.47. The van der Waals surface area contributed by atoms with Crippen molar-refractivity contribution >= 4 is 17.2 Å². The molecule has 0 unspecified atom stereocenters. The van der Waals surface area contributed by atoms with Gasteiger partial charge in [0.1, 0.15) is 0 Å². The van der Waals surface area contributed by atoms with Crippen LogP contribution in [0.3, 0.4) is 0 Å². The Morgan fingerprint density at radius 3 is 2.35 bits per heavy atom. The average Bonchev–Trinajstić information content (AvgIpc) is 2.86. The minimum Gasteiger partial charge on any atom is -0.366 e. The van der Waals surface area contributed by atoms with Crippen LogP contribution in [0.5, 0.6) is 0 Å². The van der Waals surface area contributed by atoms with Crippen molar-refractivity contribution in [1.29, 1.82) is 0 Å². The lowest BCUT2D eigenvalue weighted by molar-refractivity contribution is 0.0983. The number of ketones is 1. The van der Waals surface area contributed by atoms with Crippen LogP contribution in [-0.4, -0.2) is 16.1 Å². The first-order valence-corrected chi connectivity index (χ1v) is 6.17. The second kappa shape index (κ2) is 4.66. The molecule has 0 atom stereocenters. The molecule has 1 amide bonds. The third-order valence-electron chi connectivity index (χ3n) is 3.21. The minimum absolute atomic E-state index is 0.205. The van der Waals surface area contributed by atoms with Gasteiger partial charge in [-0.2, -0.15) is 0 Å². The molecule has 2 aromatic heterocycles. The summed E-state index contributed by atoms with van der Waals surface area (Å²) in [4.78, 5) is 24.2. The van der Waals surface area contributed by atoms with E-state index >= 15 is 0 Å². The van der Waals surface area contributed by atoms with E-state index in [1.807, 2.05) is 12.1 Å². The van der Waals surface area contributed by atoms with Crippen LogP contribution in [0.25, 0.3) is 5.52 Å². The van der Waals surface area contributed by atoms with E-state index in [-0.39, 0.29) is 11.3 Å². The fourth-order valence-corrected chi connectivity index (χ4v) is 2.30. The van der Waals surface area contributed by atoms with Crippen LogP contribution in [-0.2, 0) is 0 Å². The van der Waals surface area contributed by atoms with E-state index in [9.17, 15) is 9.59 Å². The average molecular weight is 264 g/mol. The molecule has 0 bridgehead atoms. The lowest BCUT2D eigenvalue weighted by Crippen LogP contribution is -2.15. The predicted molar refractivity (Wildman–Crippen MR) is 75.8 cm³/mol. The van der Waals surface area contributed by atoms with Gasteiger partial charge < -0.3 is 10.1 Å². The predicted octanol–water partition coefficient (Wildman–Crippen LogP) is 2.27. The van der Waals surface area contributed by atoms with Crippen LogP contribution in [0.4, 0.5) is 0 Å². The number of benzene rings is 1. The maximum absolute atomic E-state index is 12.5. The highest BCUT2D eigenvalue weighted by Crippen LogP contribution is 2.21. The van der Waals surface area contributed by atoms with Crippen LogP contribution in [0, 0.1) is 0 Å². The Balaban J connectivity index is 2.24. The van der Waals surface area contributed by atoms with Gasteiger partial charge in [0.2, 0.25) is 0 Å². The van der Waals surface area contributed by atoms with Crippen molar-refractivity contribution in [3.8, 4) is 0 Å². The van der Waals surface area contributed by atoms with Crippen molar-refractivity contribution in [2.45, 2.75) is 0 Å². The zero-order valence-electron chi connectivity index (χ0n) is 10.6. The molecular weight excluding hydrogens is 252 g/mol. The molecule has 0 aliphatic rings. The van der Waals surface area contributed by atoms with E-state index < -0.39 is 5.91 Å². The summed E-state index contributed by atoms with van der Waals surface area (Å²) in [5.74, 6) is -0.805. The molecule has 0 saturated carbocycles. The number of pyridine rings is 1. The van der Waals surface area contributed by atoms with E-state index in [4.69, 9.17) is 5.73 Å². The number of nitrogens with zero attached hydrogens (tertiary/aromatic N) is 1. The van der Waals surface area contributed by atoms with Gasteiger partial charge in [-0.3, -0.25) is 9.59 Å². The largest absolute Gasteiger partial charge is 0.366 e. The molecule has 3 aromatic rings. The van der Waals surface area contributed by atoms with Crippen LogP contribution in [0.2, 0.25) is 0 Å². The molecule has 98 valence electrons. The van der Waals surface area contributed by atoms with E-state index in [0.717, 1.165) is 0 Å². The first-order chi connectivity index (χ1) is 9.68. The molecule has 0 spiro atoms. The van der Waals surface area contributed by atoms with Gasteiger partial charge in [-0.05, 0) is 12.1 Å². The molecule has 0 fully saturated rings. The summed E-state index contributed by atoms with van der Waals surface area (Å²) in [6.07, 6.45) is 3.42. The zero-order valence-corrected chi connectivity index (χ0v) is 10.6. The highest BCUT2D eigenvalue weighted by atomic mass is 16.1. The third-order valence-corrected chi connectivity index (χ3v) is 3.21. The van der Waals surface area contributed by atoms with Gasteiger partial charge >= 0.3 is 0 Å². The number of nitrogens with two attached hydrogens (primary N) is 1. The highest BCUT2D eigenvalue weighted by molar-refractivity contribution is 6.17. The molecule has 2 heterocycles. The summed E-state index contributed by atoms with van der Waals surface area (Å²) in [7, 11) is 0.